The first kappa shape index (κ1) is 26.6. The standard InChI is InChI=1S/C30H31ClN4O4/c1-37-28-18-23-26(19-29(28)38-2)32-13-10-27(23)39-22-8-9-25(24(31)17-22)33-30(36)34-35-14-11-21(12-15-35)16-20-6-4-3-5-7-20/h3-10,13,17-19,21H,11-12,14-16H2,1-2H3,(H2,33,34,36). The van der Waals surface area contributed by atoms with Gasteiger partial charge in [-0.15, -0.1) is 0 Å². The molecule has 0 atom stereocenters. The number of amides is 2. The third kappa shape index (κ3) is 6.53. The second-order valence-electron chi connectivity index (χ2n) is 9.46. The van der Waals surface area contributed by atoms with Crippen molar-refractivity contribution in [2.24, 2.45) is 5.92 Å². The molecule has 0 radical (unpaired) electrons. The number of urea groups is 1. The highest BCUT2D eigenvalue weighted by molar-refractivity contribution is 6.33. The highest BCUT2D eigenvalue weighted by Crippen LogP contribution is 2.38. The van der Waals surface area contributed by atoms with Crippen molar-refractivity contribution in [1.29, 1.82) is 0 Å². The van der Waals surface area contributed by atoms with E-state index in [4.69, 9.17) is 25.8 Å². The number of piperidine rings is 1. The summed E-state index contributed by atoms with van der Waals surface area (Å²) in [5.74, 6) is 2.89. The molecule has 2 heterocycles. The number of hydrogen-bond acceptors (Lipinski definition) is 6. The fraction of sp³-hybridized carbons (Fsp3) is 0.267. The Hall–Kier alpha value is -4.01. The van der Waals surface area contributed by atoms with Crippen LogP contribution in [0.3, 0.4) is 0 Å². The number of nitrogens with zero attached hydrogens (tertiary/aromatic N) is 2. The number of ether oxygens (including phenoxy) is 3. The highest BCUT2D eigenvalue weighted by Gasteiger charge is 2.21. The molecule has 0 spiro atoms. The van der Waals surface area contributed by atoms with Crippen LogP contribution in [0.4, 0.5) is 10.5 Å². The van der Waals surface area contributed by atoms with Gasteiger partial charge in [-0.05, 0) is 55.0 Å². The van der Waals surface area contributed by atoms with E-state index in [9.17, 15) is 4.79 Å². The van der Waals surface area contributed by atoms with E-state index in [1.54, 1.807) is 50.7 Å². The number of methoxy groups -OCH3 is 2. The summed E-state index contributed by atoms with van der Waals surface area (Å²) in [7, 11) is 3.16. The summed E-state index contributed by atoms with van der Waals surface area (Å²) in [6.07, 6.45) is 4.80. The van der Waals surface area contributed by atoms with Gasteiger partial charge >= 0.3 is 6.03 Å². The van der Waals surface area contributed by atoms with Crippen molar-refractivity contribution < 1.29 is 19.0 Å². The molecule has 4 aromatic rings. The zero-order valence-corrected chi connectivity index (χ0v) is 22.7. The Balaban J connectivity index is 1.18. The Morgan fingerprint density at radius 3 is 2.44 bits per heavy atom. The van der Waals surface area contributed by atoms with E-state index in [0.717, 1.165) is 37.7 Å². The second kappa shape index (κ2) is 12.2. The average Bonchev–Trinajstić information content (AvgIpc) is 2.95. The molecule has 39 heavy (non-hydrogen) atoms. The number of carbonyl (C=O) groups is 1. The van der Waals surface area contributed by atoms with Gasteiger partial charge in [0.1, 0.15) is 11.5 Å². The van der Waals surface area contributed by atoms with Gasteiger partial charge in [-0.2, -0.15) is 0 Å². The Morgan fingerprint density at radius 1 is 0.974 bits per heavy atom. The maximum Gasteiger partial charge on any atom is 0.333 e. The molecule has 8 nitrogen and oxygen atoms in total. The van der Waals surface area contributed by atoms with E-state index in [-0.39, 0.29) is 6.03 Å². The highest BCUT2D eigenvalue weighted by atomic mass is 35.5. The van der Waals surface area contributed by atoms with Crippen LogP contribution >= 0.6 is 11.6 Å². The van der Waals surface area contributed by atoms with Crippen molar-refractivity contribution in [3.8, 4) is 23.0 Å². The summed E-state index contributed by atoms with van der Waals surface area (Å²) in [6, 6.07) is 20.7. The third-order valence-corrected chi connectivity index (χ3v) is 7.18. The SMILES string of the molecule is COc1cc2nccc(Oc3ccc(NC(=O)NN4CCC(Cc5ccccc5)CC4)c(Cl)c3)c2cc1OC. The minimum atomic E-state index is -0.326. The Bertz CT molecular complexity index is 1440. The zero-order chi connectivity index (χ0) is 27.2. The monoisotopic (exact) mass is 546 g/mol. The van der Waals surface area contributed by atoms with Gasteiger partial charge in [0.05, 0.1) is 30.4 Å². The number of hydrogen-bond donors (Lipinski definition) is 2. The number of carbonyl (C=O) groups excluding carboxylic acids is 1. The number of aromatic nitrogens is 1. The van der Waals surface area contributed by atoms with Crippen LogP contribution in [0.1, 0.15) is 18.4 Å². The van der Waals surface area contributed by atoms with E-state index in [2.05, 4.69) is 40.0 Å². The fourth-order valence-electron chi connectivity index (χ4n) is 4.81. The van der Waals surface area contributed by atoms with Gasteiger partial charge in [0.2, 0.25) is 0 Å². The van der Waals surface area contributed by atoms with Gasteiger partial charge in [0, 0.05) is 36.8 Å². The molecule has 1 aromatic heterocycles. The fourth-order valence-corrected chi connectivity index (χ4v) is 5.03. The lowest BCUT2D eigenvalue weighted by molar-refractivity contribution is 0.135. The van der Waals surface area contributed by atoms with Crippen LogP contribution in [-0.4, -0.2) is 43.3 Å². The Labute approximate surface area is 232 Å². The van der Waals surface area contributed by atoms with Crippen LogP contribution in [-0.2, 0) is 6.42 Å². The van der Waals surface area contributed by atoms with E-state index in [0.29, 0.717) is 45.1 Å². The third-order valence-electron chi connectivity index (χ3n) is 6.86. The molecule has 1 aliphatic rings. The minimum Gasteiger partial charge on any atom is -0.493 e. The van der Waals surface area contributed by atoms with Crippen molar-refractivity contribution >= 4 is 34.2 Å². The second-order valence-corrected chi connectivity index (χ2v) is 9.87. The largest absolute Gasteiger partial charge is 0.493 e. The topological polar surface area (TPSA) is 85.0 Å². The Morgan fingerprint density at radius 2 is 1.72 bits per heavy atom. The first-order chi connectivity index (χ1) is 19.0. The maximum absolute atomic E-state index is 12.7. The molecule has 0 unspecified atom stereocenters. The number of benzene rings is 3. The van der Waals surface area contributed by atoms with Crippen LogP contribution < -0.4 is 25.0 Å². The van der Waals surface area contributed by atoms with Gasteiger partial charge < -0.3 is 19.5 Å². The molecule has 0 saturated carbocycles. The minimum absolute atomic E-state index is 0.326. The predicted molar refractivity (Wildman–Crippen MR) is 153 cm³/mol. The smallest absolute Gasteiger partial charge is 0.333 e. The molecule has 2 amide bonds. The normalized spacial score (nSPS) is 14.1. The summed E-state index contributed by atoms with van der Waals surface area (Å²) in [5, 5.41) is 5.92. The van der Waals surface area contributed by atoms with Crippen LogP contribution in [0.5, 0.6) is 23.0 Å². The summed E-state index contributed by atoms with van der Waals surface area (Å²) in [4.78, 5) is 17.1. The molecule has 9 heteroatoms. The number of anilines is 1. The molecule has 0 bridgehead atoms. The molecule has 5 rings (SSSR count). The summed E-state index contributed by atoms with van der Waals surface area (Å²) in [6.45, 7) is 1.62. The average molecular weight is 547 g/mol. The Kier molecular flexibility index (Phi) is 8.34. The van der Waals surface area contributed by atoms with Crippen molar-refractivity contribution in [2.45, 2.75) is 19.3 Å². The molecule has 1 aliphatic heterocycles. The van der Waals surface area contributed by atoms with Crippen LogP contribution in [0.25, 0.3) is 10.9 Å². The first-order valence-electron chi connectivity index (χ1n) is 12.9. The molecule has 3 aromatic carbocycles. The first-order valence-corrected chi connectivity index (χ1v) is 13.2. The number of nitrogens with one attached hydrogen (secondary N) is 2. The van der Waals surface area contributed by atoms with Gasteiger partial charge in [0.25, 0.3) is 0 Å². The lowest BCUT2D eigenvalue weighted by Crippen LogP contribution is -2.48. The summed E-state index contributed by atoms with van der Waals surface area (Å²) in [5.41, 5.74) is 5.50. The van der Waals surface area contributed by atoms with Crippen molar-refractivity contribution in [3.05, 3.63) is 83.5 Å². The maximum atomic E-state index is 12.7. The number of halogens is 1. The van der Waals surface area contributed by atoms with Gasteiger partial charge in [-0.1, -0.05) is 41.9 Å². The summed E-state index contributed by atoms with van der Waals surface area (Å²) < 4.78 is 16.9. The number of pyridine rings is 1. The molecule has 2 N–H and O–H groups in total. The zero-order valence-electron chi connectivity index (χ0n) is 21.9. The van der Waals surface area contributed by atoms with Gasteiger partial charge in [0.15, 0.2) is 11.5 Å². The van der Waals surface area contributed by atoms with E-state index in [1.165, 1.54) is 5.56 Å². The van der Waals surface area contributed by atoms with E-state index < -0.39 is 0 Å². The molecular weight excluding hydrogens is 516 g/mol. The van der Waals surface area contributed by atoms with Gasteiger partial charge in [-0.3, -0.25) is 10.4 Å². The molecule has 202 valence electrons. The van der Waals surface area contributed by atoms with Crippen LogP contribution in [0.2, 0.25) is 5.02 Å². The van der Waals surface area contributed by atoms with Crippen LogP contribution in [0.15, 0.2) is 72.9 Å². The number of fused-ring (bicyclic) bond motifs is 1. The predicted octanol–water partition coefficient (Wildman–Crippen LogP) is 6.69. The number of hydrazine groups is 1. The molecule has 1 fully saturated rings. The lowest BCUT2D eigenvalue weighted by Gasteiger charge is -2.32. The van der Waals surface area contributed by atoms with Crippen molar-refractivity contribution in [1.82, 2.24) is 15.4 Å². The quantitative estimate of drug-likeness (QED) is 0.256. The van der Waals surface area contributed by atoms with Crippen LogP contribution in [0, 0.1) is 5.92 Å². The van der Waals surface area contributed by atoms with E-state index in [1.807, 2.05) is 17.1 Å². The van der Waals surface area contributed by atoms with E-state index >= 15 is 0 Å². The number of rotatable bonds is 8. The van der Waals surface area contributed by atoms with Gasteiger partial charge in [-0.25, -0.2) is 9.80 Å². The summed E-state index contributed by atoms with van der Waals surface area (Å²) >= 11 is 6.50. The molecule has 0 aliphatic carbocycles. The van der Waals surface area contributed by atoms with Crippen molar-refractivity contribution in [3.63, 3.8) is 0 Å². The molecule has 1 saturated heterocycles. The van der Waals surface area contributed by atoms with Crippen molar-refractivity contribution in [2.75, 3.05) is 32.6 Å². The molecular formula is C30H31ClN4O4. The lowest BCUT2D eigenvalue weighted by atomic mass is 9.91.